The van der Waals surface area contributed by atoms with Crippen LogP contribution in [0.25, 0.3) is 0 Å². The van der Waals surface area contributed by atoms with E-state index in [2.05, 4.69) is 19.2 Å². The maximum Gasteiger partial charge on any atom is 0.123 e. The van der Waals surface area contributed by atoms with E-state index in [1.165, 1.54) is 31.2 Å². The number of halogens is 1. The lowest BCUT2D eigenvalue weighted by Crippen LogP contribution is -2.41. The first kappa shape index (κ1) is 15.0. The summed E-state index contributed by atoms with van der Waals surface area (Å²) in [5, 5.41) is 3.71. The summed E-state index contributed by atoms with van der Waals surface area (Å²) in [5.74, 6) is 2.38. The van der Waals surface area contributed by atoms with E-state index in [-0.39, 0.29) is 5.82 Å². The molecular formula is C19H28FN. The average Bonchev–Trinajstić information content (AvgIpc) is 3.02. The van der Waals surface area contributed by atoms with Gasteiger partial charge in [-0.25, -0.2) is 4.39 Å². The molecule has 1 aromatic carbocycles. The molecule has 3 atom stereocenters. The highest BCUT2D eigenvalue weighted by atomic mass is 19.1. The number of hydrogen-bond acceptors (Lipinski definition) is 1. The van der Waals surface area contributed by atoms with Gasteiger partial charge in [0.05, 0.1) is 0 Å². The lowest BCUT2D eigenvalue weighted by molar-refractivity contribution is 0.155. The first-order valence-corrected chi connectivity index (χ1v) is 8.52. The molecule has 0 radical (unpaired) electrons. The molecular weight excluding hydrogens is 261 g/mol. The van der Waals surface area contributed by atoms with Crippen LogP contribution >= 0.6 is 0 Å². The van der Waals surface area contributed by atoms with Gasteiger partial charge >= 0.3 is 0 Å². The van der Waals surface area contributed by atoms with Crippen molar-refractivity contribution in [1.29, 1.82) is 0 Å². The zero-order valence-corrected chi connectivity index (χ0v) is 13.4. The predicted octanol–water partition coefficient (Wildman–Crippen LogP) is 4.42. The molecule has 0 saturated heterocycles. The molecule has 2 saturated carbocycles. The van der Waals surface area contributed by atoms with Crippen molar-refractivity contribution in [2.24, 2.45) is 23.2 Å². The lowest BCUT2D eigenvalue weighted by atomic mass is 9.69. The van der Waals surface area contributed by atoms with Gasteiger partial charge in [0.25, 0.3) is 0 Å². The van der Waals surface area contributed by atoms with Gasteiger partial charge in [-0.3, -0.25) is 0 Å². The zero-order valence-electron chi connectivity index (χ0n) is 13.4. The summed E-state index contributed by atoms with van der Waals surface area (Å²) in [4.78, 5) is 0. The molecule has 0 heterocycles. The molecule has 1 aromatic rings. The molecule has 1 N–H and O–H groups in total. The van der Waals surface area contributed by atoms with Crippen molar-refractivity contribution in [3.63, 3.8) is 0 Å². The fourth-order valence-corrected chi connectivity index (χ4v) is 4.67. The summed E-state index contributed by atoms with van der Waals surface area (Å²) in [6.07, 6.45) is 6.72. The highest BCUT2D eigenvalue weighted by Gasteiger charge is 2.50. The molecule has 2 bridgehead atoms. The van der Waals surface area contributed by atoms with E-state index in [4.69, 9.17) is 0 Å². The summed E-state index contributed by atoms with van der Waals surface area (Å²) in [5.41, 5.74) is 1.71. The summed E-state index contributed by atoms with van der Waals surface area (Å²) in [6.45, 7) is 6.76. The summed E-state index contributed by atoms with van der Waals surface area (Å²) in [6, 6.07) is 7.17. The monoisotopic (exact) mass is 289 g/mol. The van der Waals surface area contributed by atoms with Crippen molar-refractivity contribution < 1.29 is 4.39 Å². The molecule has 1 nitrogen and oxygen atoms in total. The Morgan fingerprint density at radius 3 is 2.57 bits per heavy atom. The standard InChI is InChI=1S/C19H28FN/c1-14(2)12-21-13-19(11-16-3-6-17(19)9-16)10-15-4-7-18(20)8-5-15/h4-5,7-8,14,16-17,21H,3,6,9-13H2,1-2H3. The number of nitrogens with one attached hydrogen (secondary N) is 1. The molecule has 116 valence electrons. The maximum absolute atomic E-state index is 13.1. The second-order valence-corrected chi connectivity index (χ2v) is 7.77. The van der Waals surface area contributed by atoms with Crippen molar-refractivity contribution >= 4 is 0 Å². The van der Waals surface area contributed by atoms with Crippen molar-refractivity contribution in [3.05, 3.63) is 35.6 Å². The molecule has 2 aliphatic rings. The Kier molecular flexibility index (Phi) is 4.35. The number of rotatable bonds is 6. The molecule has 2 fully saturated rings. The largest absolute Gasteiger partial charge is 0.316 e. The predicted molar refractivity (Wildman–Crippen MR) is 85.7 cm³/mol. The number of fused-ring (bicyclic) bond motifs is 2. The van der Waals surface area contributed by atoms with Crippen molar-refractivity contribution in [2.75, 3.05) is 13.1 Å². The minimum atomic E-state index is -0.126. The van der Waals surface area contributed by atoms with Crippen LogP contribution in [0, 0.1) is 29.0 Å². The van der Waals surface area contributed by atoms with E-state index in [0.29, 0.717) is 11.3 Å². The van der Waals surface area contributed by atoms with Crippen LogP contribution in [0.3, 0.4) is 0 Å². The fraction of sp³-hybridized carbons (Fsp3) is 0.684. The Hall–Kier alpha value is -0.890. The topological polar surface area (TPSA) is 12.0 Å². The van der Waals surface area contributed by atoms with Gasteiger partial charge in [-0.15, -0.1) is 0 Å². The Bertz CT molecular complexity index is 467. The van der Waals surface area contributed by atoms with E-state index < -0.39 is 0 Å². The summed E-state index contributed by atoms with van der Waals surface area (Å²) >= 11 is 0. The van der Waals surface area contributed by atoms with Crippen molar-refractivity contribution in [1.82, 2.24) is 5.32 Å². The van der Waals surface area contributed by atoms with E-state index in [1.807, 2.05) is 12.1 Å². The van der Waals surface area contributed by atoms with Gasteiger partial charge in [-0.2, -0.15) is 0 Å². The third-order valence-electron chi connectivity index (χ3n) is 5.60. The van der Waals surface area contributed by atoms with Crippen molar-refractivity contribution in [3.8, 4) is 0 Å². The molecule has 21 heavy (non-hydrogen) atoms. The van der Waals surface area contributed by atoms with Gasteiger partial charge in [-0.1, -0.05) is 32.4 Å². The Morgan fingerprint density at radius 2 is 2.00 bits per heavy atom. The summed E-state index contributed by atoms with van der Waals surface area (Å²) < 4.78 is 13.1. The van der Waals surface area contributed by atoms with Crippen LogP contribution in [0.2, 0.25) is 0 Å². The van der Waals surface area contributed by atoms with Crippen LogP contribution in [0.1, 0.15) is 45.1 Å². The van der Waals surface area contributed by atoms with E-state index in [1.54, 1.807) is 12.1 Å². The Morgan fingerprint density at radius 1 is 1.24 bits per heavy atom. The van der Waals surface area contributed by atoms with Crippen LogP contribution in [-0.4, -0.2) is 13.1 Å². The second kappa shape index (κ2) is 6.08. The highest BCUT2D eigenvalue weighted by Crippen LogP contribution is 2.57. The van der Waals surface area contributed by atoms with E-state index in [0.717, 1.165) is 31.3 Å². The summed E-state index contributed by atoms with van der Waals surface area (Å²) in [7, 11) is 0. The first-order chi connectivity index (χ1) is 10.1. The SMILES string of the molecule is CC(C)CNCC1(Cc2ccc(F)cc2)CC2CCC1C2. The van der Waals surface area contributed by atoms with Crippen LogP contribution in [0.15, 0.2) is 24.3 Å². The minimum Gasteiger partial charge on any atom is -0.316 e. The van der Waals surface area contributed by atoms with E-state index >= 15 is 0 Å². The number of benzene rings is 1. The van der Waals surface area contributed by atoms with Gasteiger partial charge in [0, 0.05) is 6.54 Å². The van der Waals surface area contributed by atoms with Crippen LogP contribution < -0.4 is 5.32 Å². The molecule has 0 amide bonds. The molecule has 3 rings (SSSR count). The molecule has 0 spiro atoms. The van der Waals surface area contributed by atoms with Gasteiger partial charge in [0.1, 0.15) is 5.82 Å². The Balaban J connectivity index is 1.72. The van der Waals surface area contributed by atoms with Gasteiger partial charge in [-0.05, 0) is 73.1 Å². The number of hydrogen-bond donors (Lipinski definition) is 1. The van der Waals surface area contributed by atoms with Crippen LogP contribution in [0.4, 0.5) is 4.39 Å². The maximum atomic E-state index is 13.1. The molecule has 0 aromatic heterocycles. The smallest absolute Gasteiger partial charge is 0.123 e. The fourth-order valence-electron chi connectivity index (χ4n) is 4.67. The molecule has 2 heteroatoms. The van der Waals surface area contributed by atoms with Gasteiger partial charge < -0.3 is 5.32 Å². The third-order valence-corrected chi connectivity index (χ3v) is 5.60. The zero-order chi connectivity index (χ0) is 14.9. The lowest BCUT2D eigenvalue weighted by Gasteiger charge is -2.38. The molecule has 3 unspecified atom stereocenters. The minimum absolute atomic E-state index is 0.126. The third kappa shape index (κ3) is 3.31. The van der Waals surface area contributed by atoms with Gasteiger partial charge in [0.15, 0.2) is 0 Å². The van der Waals surface area contributed by atoms with Gasteiger partial charge in [0.2, 0.25) is 0 Å². The van der Waals surface area contributed by atoms with Crippen LogP contribution in [-0.2, 0) is 6.42 Å². The normalized spacial score (nSPS) is 31.2. The highest BCUT2D eigenvalue weighted by molar-refractivity contribution is 5.20. The van der Waals surface area contributed by atoms with E-state index in [9.17, 15) is 4.39 Å². The second-order valence-electron chi connectivity index (χ2n) is 7.77. The average molecular weight is 289 g/mol. The Labute approximate surface area is 128 Å². The van der Waals surface area contributed by atoms with Crippen LogP contribution in [0.5, 0.6) is 0 Å². The quantitative estimate of drug-likeness (QED) is 0.817. The molecule has 0 aliphatic heterocycles. The first-order valence-electron chi connectivity index (χ1n) is 8.52. The molecule has 2 aliphatic carbocycles. The van der Waals surface area contributed by atoms with Crippen molar-refractivity contribution in [2.45, 2.75) is 46.0 Å².